The van der Waals surface area contributed by atoms with Crippen LogP contribution in [0.25, 0.3) is 33.8 Å². The molecule has 32 heavy (non-hydrogen) atoms. The van der Waals surface area contributed by atoms with E-state index in [2.05, 4.69) is 30.0 Å². The van der Waals surface area contributed by atoms with E-state index >= 15 is 0 Å². The number of nitrogens with one attached hydrogen (secondary N) is 2. The number of aryl methyl sites for hydroxylation is 1. The Morgan fingerprint density at radius 1 is 1.09 bits per heavy atom. The maximum atomic E-state index is 14.8. The molecule has 1 aliphatic rings. The molecule has 0 amide bonds. The molecule has 164 valence electrons. The molecule has 0 spiro atoms. The Kier molecular flexibility index (Phi) is 5.79. The highest BCUT2D eigenvalue weighted by atomic mass is 19.1. The Balaban J connectivity index is 1.40. The second kappa shape index (κ2) is 9.02. The molecule has 8 heteroatoms. The smallest absolute Gasteiger partial charge is 0.132 e. The number of morpholine rings is 1. The molecule has 5 rings (SSSR count). The summed E-state index contributed by atoms with van der Waals surface area (Å²) >= 11 is 0. The normalized spacial score (nSPS) is 14.7. The maximum absolute atomic E-state index is 14.8. The lowest BCUT2D eigenvalue weighted by molar-refractivity contribution is 0.0382. The number of benzene rings is 1. The van der Waals surface area contributed by atoms with Crippen LogP contribution in [0.2, 0.25) is 0 Å². The quantitative estimate of drug-likeness (QED) is 0.484. The van der Waals surface area contributed by atoms with Crippen molar-refractivity contribution in [2.45, 2.75) is 13.3 Å². The zero-order chi connectivity index (χ0) is 21.9. The van der Waals surface area contributed by atoms with Crippen LogP contribution in [0.5, 0.6) is 0 Å². The molecule has 1 fully saturated rings. The Bertz CT molecular complexity index is 1210. The van der Waals surface area contributed by atoms with Crippen LogP contribution in [-0.2, 0) is 11.2 Å². The molecule has 1 aromatic carbocycles. The summed E-state index contributed by atoms with van der Waals surface area (Å²) < 4.78 is 20.1. The predicted molar refractivity (Wildman–Crippen MR) is 120 cm³/mol. The number of hydrogen-bond donors (Lipinski definition) is 2. The van der Waals surface area contributed by atoms with Crippen LogP contribution in [0, 0.1) is 12.7 Å². The van der Waals surface area contributed by atoms with Gasteiger partial charge in [-0.3, -0.25) is 15.0 Å². The fourth-order valence-electron chi connectivity index (χ4n) is 4.00. The van der Waals surface area contributed by atoms with Crippen molar-refractivity contribution in [3.05, 3.63) is 66.1 Å². The number of aromatic nitrogens is 5. The van der Waals surface area contributed by atoms with Crippen LogP contribution in [-0.4, -0.2) is 62.9 Å². The van der Waals surface area contributed by atoms with E-state index in [0.717, 1.165) is 73.3 Å². The van der Waals surface area contributed by atoms with Crippen LogP contribution in [0.1, 0.15) is 11.5 Å². The number of pyridine rings is 1. The Labute approximate surface area is 185 Å². The van der Waals surface area contributed by atoms with Crippen molar-refractivity contribution in [2.75, 3.05) is 32.8 Å². The molecule has 4 heterocycles. The van der Waals surface area contributed by atoms with Gasteiger partial charge < -0.3 is 9.72 Å². The third kappa shape index (κ3) is 4.32. The molecule has 4 aromatic rings. The third-order valence-electron chi connectivity index (χ3n) is 5.75. The number of rotatable bonds is 6. The number of halogens is 1. The fraction of sp³-hybridized carbons (Fsp3) is 0.292. The van der Waals surface area contributed by atoms with E-state index in [1.165, 1.54) is 6.07 Å². The van der Waals surface area contributed by atoms with Gasteiger partial charge in [-0.15, -0.1) is 0 Å². The van der Waals surface area contributed by atoms with Crippen LogP contribution in [0.4, 0.5) is 4.39 Å². The van der Waals surface area contributed by atoms with Gasteiger partial charge in [0.2, 0.25) is 0 Å². The lowest BCUT2D eigenvalue weighted by Gasteiger charge is -2.26. The fourth-order valence-corrected chi connectivity index (χ4v) is 4.00. The lowest BCUT2D eigenvalue weighted by Crippen LogP contribution is -2.37. The molecule has 7 nitrogen and oxygen atoms in total. The molecular weight excluding hydrogens is 407 g/mol. The molecule has 2 N–H and O–H groups in total. The summed E-state index contributed by atoms with van der Waals surface area (Å²) in [5.74, 6) is 0.556. The van der Waals surface area contributed by atoms with E-state index in [4.69, 9.17) is 4.74 Å². The summed E-state index contributed by atoms with van der Waals surface area (Å²) in [6.45, 7) is 6.27. The Morgan fingerprint density at radius 2 is 1.97 bits per heavy atom. The summed E-state index contributed by atoms with van der Waals surface area (Å²) in [4.78, 5) is 14.7. The third-order valence-corrected chi connectivity index (χ3v) is 5.75. The summed E-state index contributed by atoms with van der Waals surface area (Å²) in [5, 5.41) is 7.24. The Hall–Kier alpha value is -3.36. The highest BCUT2D eigenvalue weighted by Gasteiger charge is 2.16. The maximum Gasteiger partial charge on any atom is 0.132 e. The van der Waals surface area contributed by atoms with E-state index in [0.29, 0.717) is 11.3 Å². The molecule has 0 atom stereocenters. The monoisotopic (exact) mass is 432 g/mol. The van der Waals surface area contributed by atoms with Crippen molar-refractivity contribution in [1.82, 2.24) is 30.0 Å². The molecule has 0 aliphatic carbocycles. The second-order valence-electron chi connectivity index (χ2n) is 7.97. The number of nitrogens with zero attached hydrogens (tertiary/aromatic N) is 4. The largest absolute Gasteiger partial charge is 0.379 e. The average Bonchev–Trinajstić information content (AvgIpc) is 3.49. The zero-order valence-corrected chi connectivity index (χ0v) is 17.9. The van der Waals surface area contributed by atoms with Crippen LogP contribution in [0.3, 0.4) is 0 Å². The van der Waals surface area contributed by atoms with Gasteiger partial charge >= 0.3 is 0 Å². The zero-order valence-electron chi connectivity index (χ0n) is 17.9. The molecule has 1 saturated heterocycles. The van der Waals surface area contributed by atoms with Crippen LogP contribution in [0.15, 0.2) is 48.8 Å². The van der Waals surface area contributed by atoms with Crippen molar-refractivity contribution >= 4 is 0 Å². The van der Waals surface area contributed by atoms with Crippen molar-refractivity contribution in [2.24, 2.45) is 0 Å². The number of imidazole rings is 1. The van der Waals surface area contributed by atoms with Gasteiger partial charge in [-0.25, -0.2) is 9.37 Å². The average molecular weight is 433 g/mol. The Morgan fingerprint density at radius 3 is 2.81 bits per heavy atom. The van der Waals surface area contributed by atoms with E-state index in [9.17, 15) is 4.39 Å². The first-order chi connectivity index (χ1) is 15.7. The number of aromatic amines is 2. The number of ether oxygens (including phenoxy) is 1. The SMILES string of the molecule is Cc1cccc(-c2[nH]ncc2-c2ccc(F)c(-c3cnc(CCN4CCOCC4)[nH]3)c2)n1. The van der Waals surface area contributed by atoms with Crippen molar-refractivity contribution in [3.63, 3.8) is 0 Å². The van der Waals surface area contributed by atoms with Gasteiger partial charge in [0, 0.05) is 42.9 Å². The van der Waals surface area contributed by atoms with Gasteiger partial charge in [-0.1, -0.05) is 12.1 Å². The first-order valence-electron chi connectivity index (χ1n) is 10.8. The van der Waals surface area contributed by atoms with Gasteiger partial charge in [0.15, 0.2) is 0 Å². The summed E-state index contributed by atoms with van der Waals surface area (Å²) in [5.41, 5.74) is 5.41. The van der Waals surface area contributed by atoms with E-state index in [1.807, 2.05) is 31.2 Å². The minimum Gasteiger partial charge on any atom is -0.379 e. The van der Waals surface area contributed by atoms with Crippen molar-refractivity contribution < 1.29 is 9.13 Å². The molecule has 1 aliphatic heterocycles. The van der Waals surface area contributed by atoms with Gasteiger partial charge in [0.05, 0.1) is 42.7 Å². The van der Waals surface area contributed by atoms with E-state index < -0.39 is 0 Å². The van der Waals surface area contributed by atoms with E-state index in [-0.39, 0.29) is 5.82 Å². The van der Waals surface area contributed by atoms with Crippen LogP contribution >= 0.6 is 0 Å². The second-order valence-corrected chi connectivity index (χ2v) is 7.97. The summed E-state index contributed by atoms with van der Waals surface area (Å²) in [7, 11) is 0. The molecule has 3 aromatic heterocycles. The summed E-state index contributed by atoms with van der Waals surface area (Å²) in [6.07, 6.45) is 4.23. The molecule has 0 saturated carbocycles. The van der Waals surface area contributed by atoms with Crippen molar-refractivity contribution in [1.29, 1.82) is 0 Å². The standard InChI is InChI=1S/C24H25FN6O/c1-16-3-2-4-21(28-16)24-19(14-27-30-24)17-5-6-20(25)18(13-17)22-15-26-23(29-22)7-8-31-9-11-32-12-10-31/h2-6,13-15H,7-12H2,1H3,(H,26,29)(H,27,30). The lowest BCUT2D eigenvalue weighted by atomic mass is 10.0. The molecule has 0 unspecified atom stereocenters. The summed E-state index contributed by atoms with van der Waals surface area (Å²) in [6, 6.07) is 10.9. The first kappa shape index (κ1) is 20.5. The first-order valence-corrected chi connectivity index (χ1v) is 10.8. The molecule has 0 radical (unpaired) electrons. The minimum atomic E-state index is -0.296. The minimum absolute atomic E-state index is 0.296. The van der Waals surface area contributed by atoms with Gasteiger partial charge in [0.25, 0.3) is 0 Å². The van der Waals surface area contributed by atoms with Crippen LogP contribution < -0.4 is 0 Å². The number of H-pyrrole nitrogens is 2. The topological polar surface area (TPSA) is 82.7 Å². The van der Waals surface area contributed by atoms with Gasteiger partial charge in [-0.2, -0.15) is 5.10 Å². The molecule has 0 bridgehead atoms. The van der Waals surface area contributed by atoms with Crippen molar-refractivity contribution in [3.8, 4) is 33.8 Å². The van der Waals surface area contributed by atoms with E-state index in [1.54, 1.807) is 18.5 Å². The molecular formula is C24H25FN6O. The van der Waals surface area contributed by atoms with Gasteiger partial charge in [-0.05, 0) is 36.8 Å². The predicted octanol–water partition coefficient (Wildman–Crippen LogP) is 3.85. The number of hydrogen-bond acceptors (Lipinski definition) is 5. The highest BCUT2D eigenvalue weighted by Crippen LogP contribution is 2.33. The highest BCUT2D eigenvalue weighted by molar-refractivity contribution is 5.81. The van der Waals surface area contributed by atoms with Gasteiger partial charge in [0.1, 0.15) is 11.6 Å².